The van der Waals surface area contributed by atoms with Gasteiger partial charge in [0, 0.05) is 13.2 Å². The van der Waals surface area contributed by atoms with Crippen molar-refractivity contribution in [1.82, 2.24) is 0 Å². The zero-order valence-electron chi connectivity index (χ0n) is 14.7. The first-order valence-corrected chi connectivity index (χ1v) is 8.29. The fraction of sp³-hybridized carbons (Fsp3) is 0.450. The minimum absolute atomic E-state index is 0.330. The molecule has 2 aliphatic rings. The van der Waals surface area contributed by atoms with Crippen molar-refractivity contribution in [1.29, 1.82) is 0 Å². The molecule has 2 aliphatic carbocycles. The van der Waals surface area contributed by atoms with Crippen LogP contribution in [0, 0.1) is 11.8 Å². The van der Waals surface area contributed by atoms with Gasteiger partial charge >= 0.3 is 5.97 Å². The highest BCUT2D eigenvalue weighted by Gasteiger charge is 2.21. The fourth-order valence-corrected chi connectivity index (χ4v) is 2.91. The van der Waals surface area contributed by atoms with E-state index in [4.69, 9.17) is 9.47 Å². The fourth-order valence-electron chi connectivity index (χ4n) is 2.91. The van der Waals surface area contributed by atoms with Gasteiger partial charge in [0.15, 0.2) is 0 Å². The molecule has 0 saturated carbocycles. The van der Waals surface area contributed by atoms with E-state index in [1.165, 1.54) is 18.8 Å². The first kappa shape index (κ1) is 18.3. The second kappa shape index (κ2) is 9.28. The maximum absolute atomic E-state index is 11.1. The van der Waals surface area contributed by atoms with E-state index in [0.29, 0.717) is 25.0 Å². The van der Waals surface area contributed by atoms with Crippen molar-refractivity contribution >= 4 is 5.97 Å². The predicted octanol–water partition coefficient (Wildman–Crippen LogP) is 3.73. The van der Waals surface area contributed by atoms with Crippen LogP contribution in [0.5, 0.6) is 0 Å². The van der Waals surface area contributed by atoms with E-state index in [1.807, 2.05) is 0 Å². The normalized spacial score (nSPS) is 23.5. The quantitative estimate of drug-likeness (QED) is 0.405. The molecule has 0 heterocycles. The molecular formula is C20H26O4. The molecule has 0 aromatic heterocycles. The number of allylic oxidation sites excluding steroid dienone is 8. The lowest BCUT2D eigenvalue weighted by molar-refractivity contribution is -0.134. The molecule has 0 aliphatic heterocycles. The van der Waals surface area contributed by atoms with Crippen LogP contribution in [0.2, 0.25) is 0 Å². The zero-order valence-corrected chi connectivity index (χ0v) is 14.7. The standard InChI is InChI=1S/C20H26O4/c1-15-14-18(9-10-19(15)24-13-12-22-2)17-7-4-16(5-8-17)6-11-20(21)23-3/h4-7,10-11,14,17-18H,8-9,12-13H2,1-3H3/b11-6+. The van der Waals surface area contributed by atoms with E-state index in [2.05, 4.69) is 42.0 Å². The lowest BCUT2D eigenvalue weighted by Crippen LogP contribution is -2.16. The molecule has 4 nitrogen and oxygen atoms in total. The Morgan fingerprint density at radius 2 is 2.00 bits per heavy atom. The van der Waals surface area contributed by atoms with Crippen LogP contribution in [0.15, 0.2) is 59.4 Å². The smallest absolute Gasteiger partial charge is 0.330 e. The number of methoxy groups -OCH3 is 2. The van der Waals surface area contributed by atoms with Gasteiger partial charge in [0.2, 0.25) is 0 Å². The van der Waals surface area contributed by atoms with Crippen molar-refractivity contribution in [3.63, 3.8) is 0 Å². The minimum Gasteiger partial charge on any atom is -0.491 e. The Balaban J connectivity index is 1.88. The second-order valence-electron chi connectivity index (χ2n) is 5.98. The molecule has 0 aromatic carbocycles. The Labute approximate surface area is 144 Å². The van der Waals surface area contributed by atoms with Gasteiger partial charge in [0.25, 0.3) is 0 Å². The second-order valence-corrected chi connectivity index (χ2v) is 5.98. The molecule has 0 spiro atoms. The van der Waals surface area contributed by atoms with Gasteiger partial charge in [-0.3, -0.25) is 0 Å². The summed E-state index contributed by atoms with van der Waals surface area (Å²) in [6.07, 6.45) is 16.2. The van der Waals surface area contributed by atoms with E-state index < -0.39 is 0 Å². The Morgan fingerprint density at radius 1 is 1.21 bits per heavy atom. The van der Waals surface area contributed by atoms with Crippen LogP contribution >= 0.6 is 0 Å². The summed E-state index contributed by atoms with van der Waals surface area (Å²) in [5.74, 6) is 1.61. The third-order valence-corrected chi connectivity index (χ3v) is 4.30. The summed E-state index contributed by atoms with van der Waals surface area (Å²) in [4.78, 5) is 11.1. The molecule has 4 heteroatoms. The maximum Gasteiger partial charge on any atom is 0.330 e. The zero-order chi connectivity index (χ0) is 17.4. The van der Waals surface area contributed by atoms with E-state index in [-0.39, 0.29) is 5.97 Å². The van der Waals surface area contributed by atoms with Crippen molar-refractivity contribution < 1.29 is 19.0 Å². The van der Waals surface area contributed by atoms with Crippen LogP contribution in [0.3, 0.4) is 0 Å². The van der Waals surface area contributed by atoms with E-state index >= 15 is 0 Å². The van der Waals surface area contributed by atoms with Gasteiger partial charge in [-0.05, 0) is 54.9 Å². The van der Waals surface area contributed by atoms with Crippen LogP contribution in [-0.4, -0.2) is 33.4 Å². The van der Waals surface area contributed by atoms with Gasteiger partial charge in [-0.15, -0.1) is 0 Å². The van der Waals surface area contributed by atoms with Gasteiger partial charge in [-0.2, -0.15) is 0 Å². The lowest BCUT2D eigenvalue weighted by Gasteiger charge is -2.27. The molecule has 0 fully saturated rings. The number of hydrogen-bond donors (Lipinski definition) is 0. The van der Waals surface area contributed by atoms with Crippen molar-refractivity contribution in [2.24, 2.45) is 11.8 Å². The minimum atomic E-state index is -0.330. The van der Waals surface area contributed by atoms with Crippen LogP contribution < -0.4 is 0 Å². The molecule has 2 unspecified atom stereocenters. The summed E-state index contributed by atoms with van der Waals surface area (Å²) < 4.78 is 15.4. The Hall–Kier alpha value is -2.07. The van der Waals surface area contributed by atoms with Crippen molar-refractivity contribution in [2.75, 3.05) is 27.4 Å². The largest absolute Gasteiger partial charge is 0.491 e. The molecular weight excluding hydrogens is 304 g/mol. The number of hydrogen-bond acceptors (Lipinski definition) is 4. The summed E-state index contributed by atoms with van der Waals surface area (Å²) in [5, 5.41) is 0. The number of esters is 1. The highest BCUT2D eigenvalue weighted by atomic mass is 16.5. The SMILES string of the molecule is COCCOC1=CCC(C2C=CC(/C=C/C(=O)OC)=CC2)C=C1C. The molecule has 0 aromatic rings. The average Bonchev–Trinajstić information content (AvgIpc) is 2.61. The molecule has 0 bridgehead atoms. The molecule has 24 heavy (non-hydrogen) atoms. The molecule has 0 N–H and O–H groups in total. The summed E-state index contributed by atoms with van der Waals surface area (Å²) in [5.41, 5.74) is 2.24. The Bertz CT molecular complexity index is 593. The molecule has 2 atom stereocenters. The third-order valence-electron chi connectivity index (χ3n) is 4.30. The van der Waals surface area contributed by atoms with E-state index in [9.17, 15) is 4.79 Å². The van der Waals surface area contributed by atoms with Gasteiger partial charge < -0.3 is 14.2 Å². The first-order valence-electron chi connectivity index (χ1n) is 8.29. The van der Waals surface area contributed by atoms with Gasteiger partial charge in [0.1, 0.15) is 12.4 Å². The van der Waals surface area contributed by atoms with Crippen molar-refractivity contribution in [2.45, 2.75) is 19.8 Å². The van der Waals surface area contributed by atoms with Crippen LogP contribution in [0.1, 0.15) is 19.8 Å². The monoisotopic (exact) mass is 330 g/mol. The molecule has 0 radical (unpaired) electrons. The Morgan fingerprint density at radius 3 is 2.62 bits per heavy atom. The van der Waals surface area contributed by atoms with Crippen LogP contribution in [-0.2, 0) is 19.0 Å². The van der Waals surface area contributed by atoms with Gasteiger partial charge in [-0.1, -0.05) is 24.3 Å². The third kappa shape index (κ3) is 5.24. The summed E-state index contributed by atoms with van der Waals surface area (Å²) >= 11 is 0. The molecule has 130 valence electrons. The number of carbonyl (C=O) groups is 1. The van der Waals surface area contributed by atoms with Crippen LogP contribution in [0.25, 0.3) is 0 Å². The Kier molecular flexibility index (Phi) is 7.07. The summed E-state index contributed by atoms with van der Waals surface area (Å²) in [6, 6.07) is 0. The van der Waals surface area contributed by atoms with Gasteiger partial charge in [0.05, 0.1) is 13.7 Å². The molecule has 0 amide bonds. The molecule has 0 saturated heterocycles. The highest BCUT2D eigenvalue weighted by molar-refractivity contribution is 5.82. The maximum atomic E-state index is 11.1. The predicted molar refractivity (Wildman–Crippen MR) is 94.3 cm³/mol. The highest BCUT2D eigenvalue weighted by Crippen LogP contribution is 2.33. The summed E-state index contributed by atoms with van der Waals surface area (Å²) in [6.45, 7) is 3.28. The average molecular weight is 330 g/mol. The van der Waals surface area contributed by atoms with Crippen molar-refractivity contribution in [3.05, 3.63) is 59.4 Å². The van der Waals surface area contributed by atoms with E-state index in [1.54, 1.807) is 13.2 Å². The van der Waals surface area contributed by atoms with Crippen LogP contribution in [0.4, 0.5) is 0 Å². The number of carbonyl (C=O) groups excluding carboxylic acids is 1. The molecule has 2 rings (SSSR count). The van der Waals surface area contributed by atoms with Crippen molar-refractivity contribution in [3.8, 4) is 0 Å². The van der Waals surface area contributed by atoms with Gasteiger partial charge in [-0.25, -0.2) is 4.79 Å². The summed E-state index contributed by atoms with van der Waals surface area (Å²) in [7, 11) is 3.06. The first-order chi connectivity index (χ1) is 11.6. The van der Waals surface area contributed by atoms with E-state index in [0.717, 1.165) is 24.2 Å². The lowest BCUT2D eigenvalue weighted by atomic mass is 9.80. The number of ether oxygens (including phenoxy) is 3. The number of rotatable bonds is 7. The topological polar surface area (TPSA) is 44.8 Å².